The Hall–Kier alpha value is -1.66. The minimum absolute atomic E-state index is 0.000194. The molecule has 0 saturated heterocycles. The van der Waals surface area contributed by atoms with E-state index in [1.54, 1.807) is 31.5 Å². The number of hydrogen-bond donors (Lipinski definition) is 2. The summed E-state index contributed by atoms with van der Waals surface area (Å²) in [5.74, 6) is 0. The number of nitrogens with one attached hydrogen (secondary N) is 2. The fourth-order valence-corrected chi connectivity index (χ4v) is 3.23. The third-order valence-corrected chi connectivity index (χ3v) is 4.94. The molecule has 2 aromatic rings. The lowest BCUT2D eigenvalue weighted by Gasteiger charge is -2.19. The van der Waals surface area contributed by atoms with Crippen LogP contribution < -0.4 is 4.72 Å². The minimum atomic E-state index is -3.54. The van der Waals surface area contributed by atoms with E-state index >= 15 is 0 Å². The Morgan fingerprint density at radius 3 is 2.29 bits per heavy atom. The zero-order chi connectivity index (χ0) is 15.7. The Kier molecular flexibility index (Phi) is 4.20. The van der Waals surface area contributed by atoms with Crippen LogP contribution in [-0.2, 0) is 15.4 Å². The molecule has 1 aromatic heterocycles. The molecule has 0 aliphatic heterocycles. The first-order chi connectivity index (χ1) is 9.70. The molecule has 0 saturated carbocycles. The van der Waals surface area contributed by atoms with Crippen LogP contribution >= 0.6 is 0 Å². The monoisotopic (exact) mass is 307 g/mol. The summed E-state index contributed by atoms with van der Waals surface area (Å²) in [5, 5.41) is 6.50. The molecule has 114 valence electrons. The molecule has 0 radical (unpaired) electrons. The average molecular weight is 307 g/mol. The van der Waals surface area contributed by atoms with Crippen molar-refractivity contribution in [1.82, 2.24) is 14.9 Å². The standard InChI is InChI=1S/C15H21N3O2S/c1-11(12-9-16-17-10-12)18-21(19,20)14-7-5-13(6-8-14)15(2,3)4/h5-11,18H,1-4H3,(H,16,17). The van der Waals surface area contributed by atoms with Gasteiger partial charge in [-0.2, -0.15) is 5.10 Å². The van der Waals surface area contributed by atoms with Crippen LogP contribution in [0.5, 0.6) is 0 Å². The summed E-state index contributed by atoms with van der Waals surface area (Å²) in [6, 6.07) is 6.67. The van der Waals surface area contributed by atoms with E-state index in [9.17, 15) is 8.42 Å². The number of nitrogens with zero attached hydrogens (tertiary/aromatic N) is 1. The average Bonchev–Trinajstić information content (AvgIpc) is 2.91. The molecule has 0 amide bonds. The second-order valence-corrected chi connectivity index (χ2v) is 7.86. The van der Waals surface area contributed by atoms with E-state index in [0.29, 0.717) is 0 Å². The van der Waals surface area contributed by atoms with Crippen LogP contribution in [0.2, 0.25) is 0 Å². The van der Waals surface area contributed by atoms with Crippen molar-refractivity contribution in [2.45, 2.75) is 44.0 Å². The van der Waals surface area contributed by atoms with Gasteiger partial charge in [0.1, 0.15) is 0 Å². The van der Waals surface area contributed by atoms with E-state index in [0.717, 1.165) is 11.1 Å². The lowest BCUT2D eigenvalue weighted by molar-refractivity contribution is 0.565. The van der Waals surface area contributed by atoms with Gasteiger partial charge in [-0.3, -0.25) is 5.10 Å². The van der Waals surface area contributed by atoms with Crippen molar-refractivity contribution in [2.75, 3.05) is 0 Å². The van der Waals surface area contributed by atoms with Gasteiger partial charge in [0.25, 0.3) is 0 Å². The van der Waals surface area contributed by atoms with E-state index < -0.39 is 10.0 Å². The lowest BCUT2D eigenvalue weighted by atomic mass is 9.87. The Morgan fingerprint density at radius 1 is 1.19 bits per heavy atom. The fourth-order valence-electron chi connectivity index (χ4n) is 2.00. The molecule has 1 unspecified atom stereocenters. The molecular formula is C15H21N3O2S. The maximum atomic E-state index is 12.4. The first-order valence-corrected chi connectivity index (χ1v) is 8.30. The highest BCUT2D eigenvalue weighted by molar-refractivity contribution is 7.89. The number of rotatable bonds is 4. The maximum Gasteiger partial charge on any atom is 0.241 e. The number of aromatic amines is 1. The van der Waals surface area contributed by atoms with Crippen LogP contribution in [0.4, 0.5) is 0 Å². The van der Waals surface area contributed by atoms with Gasteiger partial charge in [0.05, 0.1) is 11.1 Å². The zero-order valence-electron chi connectivity index (χ0n) is 12.7. The summed E-state index contributed by atoms with van der Waals surface area (Å²) >= 11 is 0. The molecule has 2 rings (SSSR count). The van der Waals surface area contributed by atoms with Crippen LogP contribution in [0.25, 0.3) is 0 Å². The van der Waals surface area contributed by atoms with Gasteiger partial charge in [-0.15, -0.1) is 0 Å². The van der Waals surface area contributed by atoms with Crippen LogP contribution in [0.3, 0.4) is 0 Å². The van der Waals surface area contributed by atoms with Crippen LogP contribution in [-0.4, -0.2) is 18.6 Å². The number of aromatic nitrogens is 2. The van der Waals surface area contributed by atoms with Gasteiger partial charge in [-0.1, -0.05) is 32.9 Å². The van der Waals surface area contributed by atoms with Gasteiger partial charge in [0.2, 0.25) is 10.0 Å². The van der Waals surface area contributed by atoms with Gasteiger partial charge >= 0.3 is 0 Å². The predicted molar refractivity (Wildman–Crippen MR) is 82.5 cm³/mol. The van der Waals surface area contributed by atoms with E-state index in [2.05, 4.69) is 35.7 Å². The molecule has 21 heavy (non-hydrogen) atoms. The molecule has 1 aromatic carbocycles. The molecule has 0 aliphatic carbocycles. The summed E-state index contributed by atoms with van der Waals surface area (Å²) in [6.45, 7) is 8.06. The summed E-state index contributed by atoms with van der Waals surface area (Å²) in [7, 11) is -3.54. The third kappa shape index (κ3) is 3.71. The van der Waals surface area contributed by atoms with Gasteiger partial charge < -0.3 is 0 Å². The topological polar surface area (TPSA) is 74.8 Å². The molecule has 0 aliphatic rings. The van der Waals surface area contributed by atoms with Gasteiger partial charge in [0.15, 0.2) is 0 Å². The summed E-state index contributed by atoms with van der Waals surface area (Å²) < 4.78 is 27.4. The van der Waals surface area contributed by atoms with Crippen LogP contribution in [0.15, 0.2) is 41.6 Å². The van der Waals surface area contributed by atoms with Crippen molar-refractivity contribution in [3.8, 4) is 0 Å². The lowest BCUT2D eigenvalue weighted by Crippen LogP contribution is -2.26. The van der Waals surface area contributed by atoms with E-state index in [1.807, 2.05) is 12.1 Å². The predicted octanol–water partition coefficient (Wildman–Crippen LogP) is 2.75. The molecule has 1 atom stereocenters. The maximum absolute atomic E-state index is 12.4. The van der Waals surface area contributed by atoms with Crippen molar-refractivity contribution in [2.24, 2.45) is 0 Å². The first kappa shape index (κ1) is 15.7. The molecule has 5 nitrogen and oxygen atoms in total. The molecule has 1 heterocycles. The second kappa shape index (κ2) is 5.61. The molecule has 6 heteroatoms. The Bertz CT molecular complexity index is 684. The number of benzene rings is 1. The van der Waals surface area contributed by atoms with E-state index in [1.165, 1.54) is 0 Å². The van der Waals surface area contributed by atoms with Crippen LogP contribution in [0.1, 0.15) is 44.9 Å². The van der Waals surface area contributed by atoms with Crippen molar-refractivity contribution in [3.63, 3.8) is 0 Å². The Morgan fingerprint density at radius 2 is 1.81 bits per heavy atom. The van der Waals surface area contributed by atoms with Gasteiger partial charge in [-0.05, 0) is 30.0 Å². The second-order valence-electron chi connectivity index (χ2n) is 6.15. The minimum Gasteiger partial charge on any atom is -0.285 e. The van der Waals surface area contributed by atoms with Crippen molar-refractivity contribution in [3.05, 3.63) is 47.8 Å². The molecule has 0 spiro atoms. The van der Waals surface area contributed by atoms with Crippen molar-refractivity contribution >= 4 is 10.0 Å². The van der Waals surface area contributed by atoms with E-state index in [-0.39, 0.29) is 16.4 Å². The zero-order valence-corrected chi connectivity index (χ0v) is 13.5. The Labute approximate surface area is 125 Å². The van der Waals surface area contributed by atoms with Crippen molar-refractivity contribution in [1.29, 1.82) is 0 Å². The smallest absolute Gasteiger partial charge is 0.241 e. The van der Waals surface area contributed by atoms with Crippen LogP contribution in [0, 0.1) is 0 Å². The summed E-state index contributed by atoms with van der Waals surface area (Å²) in [4.78, 5) is 0.269. The molecule has 0 fully saturated rings. The number of sulfonamides is 1. The van der Waals surface area contributed by atoms with E-state index in [4.69, 9.17) is 0 Å². The van der Waals surface area contributed by atoms with Gasteiger partial charge in [-0.25, -0.2) is 13.1 Å². The summed E-state index contributed by atoms with van der Waals surface area (Å²) in [6.07, 6.45) is 3.28. The first-order valence-electron chi connectivity index (χ1n) is 6.82. The quantitative estimate of drug-likeness (QED) is 0.912. The third-order valence-electron chi connectivity index (χ3n) is 3.38. The highest BCUT2D eigenvalue weighted by Crippen LogP contribution is 2.24. The highest BCUT2D eigenvalue weighted by Gasteiger charge is 2.20. The number of H-pyrrole nitrogens is 1. The molecule has 2 N–H and O–H groups in total. The largest absolute Gasteiger partial charge is 0.285 e. The SMILES string of the molecule is CC(NS(=O)(=O)c1ccc(C(C)(C)C)cc1)c1cn[nH]c1. The van der Waals surface area contributed by atoms with Gasteiger partial charge in [0, 0.05) is 17.8 Å². The normalized spacial score (nSPS) is 14.1. The highest BCUT2D eigenvalue weighted by atomic mass is 32.2. The number of hydrogen-bond acceptors (Lipinski definition) is 3. The van der Waals surface area contributed by atoms with Crippen molar-refractivity contribution < 1.29 is 8.42 Å². The summed E-state index contributed by atoms with van der Waals surface area (Å²) in [5.41, 5.74) is 1.90. The Balaban J connectivity index is 2.20. The molecule has 0 bridgehead atoms. The fraction of sp³-hybridized carbons (Fsp3) is 0.400. The molecular weight excluding hydrogens is 286 g/mol.